The maximum absolute atomic E-state index is 13.1. The van der Waals surface area contributed by atoms with Crippen LogP contribution in [0.25, 0.3) is 0 Å². The highest BCUT2D eigenvalue weighted by molar-refractivity contribution is 5.90. The Labute approximate surface area is 169 Å². The normalized spacial score (nSPS) is 16.1. The van der Waals surface area contributed by atoms with Crippen LogP contribution < -0.4 is 5.32 Å². The summed E-state index contributed by atoms with van der Waals surface area (Å²) in [4.78, 5) is 39.9. The first-order valence-electron chi connectivity index (χ1n) is 9.68. The van der Waals surface area contributed by atoms with Gasteiger partial charge in [0.25, 0.3) is 0 Å². The molecule has 2 aromatic rings. The fourth-order valence-corrected chi connectivity index (χ4v) is 3.52. The first kappa shape index (κ1) is 20.4. The van der Waals surface area contributed by atoms with Crippen LogP contribution in [0.5, 0.6) is 0 Å². The molecule has 1 saturated heterocycles. The van der Waals surface area contributed by atoms with E-state index in [1.807, 2.05) is 48.5 Å². The van der Waals surface area contributed by atoms with Crippen molar-refractivity contribution in [2.45, 2.75) is 19.4 Å². The highest BCUT2D eigenvalue weighted by Crippen LogP contribution is 2.21. The average molecular weight is 395 g/mol. The molecule has 1 aliphatic rings. The molecule has 29 heavy (non-hydrogen) atoms. The number of likely N-dealkylation sites (tertiary alicyclic amines) is 1. The molecule has 0 bridgehead atoms. The second-order valence-electron chi connectivity index (χ2n) is 7.15. The van der Waals surface area contributed by atoms with Crippen molar-refractivity contribution in [2.75, 3.05) is 25.0 Å². The topological polar surface area (TPSA) is 90.0 Å². The number of rotatable bonds is 6. The van der Waals surface area contributed by atoms with E-state index in [2.05, 4.69) is 5.32 Å². The van der Waals surface area contributed by atoms with Gasteiger partial charge in [0.05, 0.1) is 5.92 Å². The van der Waals surface area contributed by atoms with E-state index in [0.717, 1.165) is 5.56 Å². The summed E-state index contributed by atoms with van der Waals surface area (Å²) < 4.78 is 0. The van der Waals surface area contributed by atoms with Gasteiger partial charge in [0.2, 0.25) is 5.91 Å². The number of hydrogen-bond acceptors (Lipinski definition) is 3. The van der Waals surface area contributed by atoms with Crippen molar-refractivity contribution in [3.05, 3.63) is 66.2 Å². The van der Waals surface area contributed by atoms with Gasteiger partial charge >= 0.3 is 12.0 Å². The monoisotopic (exact) mass is 395 g/mol. The molecule has 1 atom stereocenters. The van der Waals surface area contributed by atoms with Gasteiger partial charge in [-0.1, -0.05) is 48.5 Å². The zero-order chi connectivity index (χ0) is 20.6. The minimum atomic E-state index is -1.05. The number of aliphatic carboxylic acids is 1. The van der Waals surface area contributed by atoms with E-state index >= 15 is 0 Å². The zero-order valence-corrected chi connectivity index (χ0v) is 16.2. The standard InChI is InChI=1S/C22H25N3O4/c26-20(27)16-25(14-17-8-3-1-4-9-17)21(28)18-10-7-13-24(15-18)22(29)23-19-11-5-2-6-12-19/h1-6,8-9,11-12,18H,7,10,13-16H2,(H,23,29)(H,26,27). The molecule has 1 heterocycles. The molecule has 2 N–H and O–H groups in total. The molecule has 0 aromatic heterocycles. The lowest BCUT2D eigenvalue weighted by Gasteiger charge is -2.34. The largest absolute Gasteiger partial charge is 0.480 e. The van der Waals surface area contributed by atoms with E-state index in [9.17, 15) is 19.5 Å². The van der Waals surface area contributed by atoms with Crippen molar-refractivity contribution in [1.29, 1.82) is 0 Å². The minimum Gasteiger partial charge on any atom is -0.480 e. The molecule has 7 nitrogen and oxygen atoms in total. The Bertz CT molecular complexity index is 842. The number of carbonyl (C=O) groups is 3. The number of hydrogen-bond donors (Lipinski definition) is 2. The molecule has 1 fully saturated rings. The number of carboxylic acid groups (broad SMARTS) is 1. The number of amides is 3. The van der Waals surface area contributed by atoms with Crippen molar-refractivity contribution in [3.63, 3.8) is 0 Å². The Morgan fingerprint density at radius 2 is 1.69 bits per heavy atom. The number of urea groups is 1. The first-order valence-corrected chi connectivity index (χ1v) is 9.68. The molecule has 0 saturated carbocycles. The van der Waals surface area contributed by atoms with Gasteiger partial charge in [-0.2, -0.15) is 0 Å². The molecule has 1 aliphatic heterocycles. The summed E-state index contributed by atoms with van der Waals surface area (Å²) in [5, 5.41) is 12.1. The van der Waals surface area contributed by atoms with Crippen LogP contribution in [0, 0.1) is 5.92 Å². The fraction of sp³-hybridized carbons (Fsp3) is 0.318. The van der Waals surface area contributed by atoms with Gasteiger partial charge in [0.15, 0.2) is 0 Å². The number of piperidine rings is 1. The summed E-state index contributed by atoms with van der Waals surface area (Å²) in [6.45, 7) is 0.724. The van der Waals surface area contributed by atoms with Crippen LogP contribution in [-0.2, 0) is 16.1 Å². The molecule has 1 unspecified atom stereocenters. The number of carbonyl (C=O) groups excluding carboxylic acids is 2. The maximum Gasteiger partial charge on any atom is 0.323 e. The van der Waals surface area contributed by atoms with Crippen molar-refractivity contribution >= 4 is 23.6 Å². The number of anilines is 1. The second kappa shape index (κ2) is 9.73. The number of nitrogens with one attached hydrogen (secondary N) is 1. The van der Waals surface area contributed by atoms with E-state index in [-0.39, 0.29) is 31.6 Å². The summed E-state index contributed by atoms with van der Waals surface area (Å²) in [5.41, 5.74) is 1.57. The predicted octanol–water partition coefficient (Wildman–Crippen LogP) is 3.04. The van der Waals surface area contributed by atoms with Gasteiger partial charge < -0.3 is 20.2 Å². The van der Waals surface area contributed by atoms with Gasteiger partial charge in [-0.3, -0.25) is 9.59 Å². The van der Waals surface area contributed by atoms with Crippen molar-refractivity contribution in [1.82, 2.24) is 9.80 Å². The highest BCUT2D eigenvalue weighted by Gasteiger charge is 2.32. The average Bonchev–Trinajstić information content (AvgIpc) is 2.74. The van der Waals surface area contributed by atoms with Gasteiger partial charge in [-0.15, -0.1) is 0 Å². The lowest BCUT2D eigenvalue weighted by atomic mass is 9.96. The smallest absolute Gasteiger partial charge is 0.323 e. The van der Waals surface area contributed by atoms with Crippen molar-refractivity contribution in [2.24, 2.45) is 5.92 Å². The maximum atomic E-state index is 13.1. The van der Waals surface area contributed by atoms with Gasteiger partial charge in [-0.05, 0) is 30.5 Å². The van der Waals surface area contributed by atoms with Gasteiger partial charge in [0.1, 0.15) is 6.54 Å². The molecule has 0 radical (unpaired) electrons. The molecule has 152 valence electrons. The number of nitrogens with zero attached hydrogens (tertiary/aromatic N) is 2. The Hall–Kier alpha value is -3.35. The fourth-order valence-electron chi connectivity index (χ4n) is 3.52. The quantitative estimate of drug-likeness (QED) is 0.787. The molecule has 3 rings (SSSR count). The molecule has 3 amide bonds. The van der Waals surface area contributed by atoms with E-state index in [1.165, 1.54) is 4.90 Å². The number of benzene rings is 2. The molecule has 0 spiro atoms. The van der Waals surface area contributed by atoms with E-state index < -0.39 is 11.9 Å². The third-order valence-corrected chi connectivity index (χ3v) is 4.94. The summed E-state index contributed by atoms with van der Waals surface area (Å²) in [5.74, 6) is -1.69. The SMILES string of the molecule is O=C(O)CN(Cc1ccccc1)C(=O)C1CCCN(C(=O)Nc2ccccc2)C1. The number of para-hydroxylation sites is 1. The molecule has 0 aliphatic carbocycles. The van der Waals surface area contributed by atoms with Crippen molar-refractivity contribution in [3.8, 4) is 0 Å². The summed E-state index contributed by atoms with van der Waals surface area (Å²) in [6, 6.07) is 18.2. The Morgan fingerprint density at radius 1 is 1.03 bits per heavy atom. The summed E-state index contributed by atoms with van der Waals surface area (Å²) in [6.07, 6.45) is 1.34. The van der Waals surface area contributed by atoms with Crippen LogP contribution in [-0.4, -0.2) is 52.4 Å². The first-order chi connectivity index (χ1) is 14.0. The third kappa shape index (κ3) is 5.81. The lowest BCUT2D eigenvalue weighted by Crippen LogP contribution is -2.48. The van der Waals surface area contributed by atoms with Crippen LogP contribution in [0.2, 0.25) is 0 Å². The molecule has 7 heteroatoms. The van der Waals surface area contributed by atoms with Gasteiger partial charge in [-0.25, -0.2) is 4.79 Å². The van der Waals surface area contributed by atoms with Crippen LogP contribution >= 0.6 is 0 Å². The molecule has 2 aromatic carbocycles. The van der Waals surface area contributed by atoms with E-state index in [0.29, 0.717) is 25.1 Å². The Morgan fingerprint density at radius 3 is 2.34 bits per heavy atom. The Balaban J connectivity index is 1.65. The van der Waals surface area contributed by atoms with Crippen LogP contribution in [0.15, 0.2) is 60.7 Å². The third-order valence-electron chi connectivity index (χ3n) is 4.94. The summed E-state index contributed by atoms with van der Waals surface area (Å²) in [7, 11) is 0. The summed E-state index contributed by atoms with van der Waals surface area (Å²) >= 11 is 0. The molecular formula is C22H25N3O4. The van der Waals surface area contributed by atoms with Crippen LogP contribution in [0.1, 0.15) is 18.4 Å². The van der Waals surface area contributed by atoms with Crippen LogP contribution in [0.3, 0.4) is 0 Å². The van der Waals surface area contributed by atoms with Crippen LogP contribution in [0.4, 0.5) is 10.5 Å². The Kier molecular flexibility index (Phi) is 6.84. The number of carboxylic acids is 1. The zero-order valence-electron chi connectivity index (χ0n) is 16.2. The molecular weight excluding hydrogens is 370 g/mol. The van der Waals surface area contributed by atoms with Gasteiger partial charge in [0, 0.05) is 25.3 Å². The lowest BCUT2D eigenvalue weighted by molar-refractivity contribution is -0.147. The predicted molar refractivity (Wildman–Crippen MR) is 109 cm³/mol. The van der Waals surface area contributed by atoms with E-state index in [1.54, 1.807) is 17.0 Å². The highest BCUT2D eigenvalue weighted by atomic mass is 16.4. The van der Waals surface area contributed by atoms with Crippen molar-refractivity contribution < 1.29 is 19.5 Å². The van der Waals surface area contributed by atoms with E-state index in [4.69, 9.17) is 0 Å². The minimum absolute atomic E-state index is 0.228. The second-order valence-corrected chi connectivity index (χ2v) is 7.15.